The highest BCUT2D eigenvalue weighted by molar-refractivity contribution is 4.59. The summed E-state index contributed by atoms with van der Waals surface area (Å²) in [7, 11) is 3.52. The smallest absolute Gasteiger partial charge is 0.0696 e. The largest absolute Gasteiger partial charge is 0.380 e. The van der Waals surface area contributed by atoms with Crippen molar-refractivity contribution in [2.75, 3.05) is 20.7 Å². The minimum absolute atomic E-state index is 0.0880. The molecule has 0 aliphatic heterocycles. The van der Waals surface area contributed by atoms with Gasteiger partial charge >= 0.3 is 0 Å². The summed E-state index contributed by atoms with van der Waals surface area (Å²) in [4.78, 5) is 0. The van der Waals surface area contributed by atoms with Gasteiger partial charge in [-0.15, -0.1) is 0 Å². The van der Waals surface area contributed by atoms with Gasteiger partial charge in [0.25, 0.3) is 0 Å². The van der Waals surface area contributed by atoms with Gasteiger partial charge in [0.05, 0.1) is 6.10 Å². The average molecular weight is 102 g/mol. The van der Waals surface area contributed by atoms with Crippen molar-refractivity contribution in [3.63, 3.8) is 0 Å². The van der Waals surface area contributed by atoms with E-state index >= 15 is 0 Å². The van der Waals surface area contributed by atoms with Gasteiger partial charge in [0.15, 0.2) is 0 Å². The topological polar surface area (TPSA) is 21.3 Å². The minimum Gasteiger partial charge on any atom is -0.380 e. The molecule has 0 amide bonds. The van der Waals surface area contributed by atoms with Crippen molar-refractivity contribution >= 4 is 0 Å². The monoisotopic (exact) mass is 102 g/mol. The van der Waals surface area contributed by atoms with Crippen LogP contribution in [0.2, 0.25) is 0 Å². The van der Waals surface area contributed by atoms with Crippen molar-refractivity contribution in [2.45, 2.75) is 6.10 Å². The Labute approximate surface area is 44.9 Å². The van der Waals surface area contributed by atoms with E-state index in [0.717, 1.165) is 6.54 Å². The molecule has 0 aliphatic carbocycles. The number of likely N-dealkylation sites (N-methyl/N-ethyl adjacent to an activating group) is 1. The molecule has 0 heterocycles. The fourth-order valence-corrected chi connectivity index (χ4v) is 0.311. The zero-order valence-corrected chi connectivity index (χ0v) is 4.90. The van der Waals surface area contributed by atoms with Gasteiger partial charge in [-0.05, 0) is 14.0 Å². The fraction of sp³-hybridized carbons (Fsp3) is 0.800. The number of hydrogen-bond acceptors (Lipinski definition) is 2. The van der Waals surface area contributed by atoms with E-state index in [2.05, 4.69) is 12.2 Å². The van der Waals surface area contributed by atoms with Crippen LogP contribution in [0.1, 0.15) is 0 Å². The van der Waals surface area contributed by atoms with E-state index in [0.29, 0.717) is 0 Å². The minimum atomic E-state index is 0.0880. The molecule has 1 N–H and O–H groups in total. The molecule has 7 heavy (non-hydrogen) atoms. The Bertz CT molecular complexity index is 39.1. The maximum Gasteiger partial charge on any atom is 0.0696 e. The van der Waals surface area contributed by atoms with E-state index in [1.807, 2.05) is 7.05 Å². The van der Waals surface area contributed by atoms with Gasteiger partial charge in [-0.2, -0.15) is 0 Å². The highest BCUT2D eigenvalue weighted by atomic mass is 16.5. The number of ether oxygens (including phenoxy) is 1. The second kappa shape index (κ2) is 4.09. The van der Waals surface area contributed by atoms with Crippen molar-refractivity contribution in [1.82, 2.24) is 5.32 Å². The molecule has 1 atom stereocenters. The average Bonchev–Trinajstić information content (AvgIpc) is 1.68. The molecule has 0 fully saturated rings. The zero-order valence-electron chi connectivity index (χ0n) is 4.90. The molecular weight excluding hydrogens is 90.1 g/mol. The van der Waals surface area contributed by atoms with Crippen molar-refractivity contribution in [1.29, 1.82) is 0 Å². The predicted molar refractivity (Wildman–Crippen MR) is 30.1 cm³/mol. The van der Waals surface area contributed by atoms with E-state index in [-0.39, 0.29) is 6.10 Å². The van der Waals surface area contributed by atoms with Crippen LogP contribution in [0.3, 0.4) is 0 Å². The second-order valence-electron chi connectivity index (χ2n) is 1.42. The van der Waals surface area contributed by atoms with Crippen molar-refractivity contribution in [3.8, 4) is 0 Å². The van der Waals surface area contributed by atoms with Gasteiger partial charge in [-0.1, -0.05) is 0 Å². The van der Waals surface area contributed by atoms with E-state index in [9.17, 15) is 0 Å². The van der Waals surface area contributed by atoms with E-state index in [1.165, 1.54) is 0 Å². The van der Waals surface area contributed by atoms with Crippen LogP contribution in [0.15, 0.2) is 0 Å². The SMILES string of the molecule is [CH2]C(CNC)OC. The standard InChI is InChI=1S/C5H12NO/c1-5(7-3)4-6-2/h5-6H,1,4H2,2-3H3. The summed E-state index contributed by atoms with van der Waals surface area (Å²) < 4.78 is 4.82. The van der Waals surface area contributed by atoms with Gasteiger partial charge in [0, 0.05) is 13.7 Å². The van der Waals surface area contributed by atoms with Gasteiger partial charge < -0.3 is 10.1 Å². The molecule has 0 aromatic carbocycles. The molecule has 0 aromatic rings. The Balaban J connectivity index is 2.83. The number of nitrogens with one attached hydrogen (secondary N) is 1. The van der Waals surface area contributed by atoms with Gasteiger partial charge in [0.2, 0.25) is 0 Å². The summed E-state index contributed by atoms with van der Waals surface area (Å²) in [5.74, 6) is 0. The lowest BCUT2D eigenvalue weighted by atomic mass is 10.4. The highest BCUT2D eigenvalue weighted by Gasteiger charge is 1.92. The first-order valence-electron chi connectivity index (χ1n) is 2.31. The second-order valence-corrected chi connectivity index (χ2v) is 1.42. The number of rotatable bonds is 3. The Morgan fingerprint density at radius 3 is 2.57 bits per heavy atom. The fourth-order valence-electron chi connectivity index (χ4n) is 0.311. The van der Waals surface area contributed by atoms with Gasteiger partial charge in [-0.3, -0.25) is 0 Å². The lowest BCUT2D eigenvalue weighted by Crippen LogP contribution is -2.22. The van der Waals surface area contributed by atoms with E-state index in [1.54, 1.807) is 7.11 Å². The van der Waals surface area contributed by atoms with Gasteiger partial charge in [0.1, 0.15) is 0 Å². The molecular formula is C5H12NO. The van der Waals surface area contributed by atoms with E-state index < -0.39 is 0 Å². The molecule has 0 bridgehead atoms. The van der Waals surface area contributed by atoms with Gasteiger partial charge in [-0.25, -0.2) is 0 Å². The quantitative estimate of drug-likeness (QED) is 0.544. The molecule has 0 saturated carbocycles. The highest BCUT2D eigenvalue weighted by Crippen LogP contribution is 1.79. The Morgan fingerprint density at radius 2 is 2.43 bits per heavy atom. The van der Waals surface area contributed by atoms with Crippen molar-refractivity contribution in [2.24, 2.45) is 0 Å². The summed E-state index contributed by atoms with van der Waals surface area (Å²) in [5, 5.41) is 2.93. The molecule has 0 rings (SSSR count). The predicted octanol–water partition coefficient (Wildman–Crippen LogP) is 0.0549. The molecule has 0 aromatic heterocycles. The summed E-state index contributed by atoms with van der Waals surface area (Å²) in [6, 6.07) is 0. The first-order valence-corrected chi connectivity index (χ1v) is 2.31. The Hall–Kier alpha value is -0.0800. The lowest BCUT2D eigenvalue weighted by Gasteiger charge is -2.05. The van der Waals surface area contributed by atoms with Crippen LogP contribution in [0.5, 0.6) is 0 Å². The Kier molecular flexibility index (Phi) is 4.04. The zero-order chi connectivity index (χ0) is 5.70. The normalized spacial score (nSPS) is 14.1. The third kappa shape index (κ3) is 3.76. The maximum absolute atomic E-state index is 4.82. The summed E-state index contributed by atoms with van der Waals surface area (Å²) in [6.07, 6.45) is 0.0880. The molecule has 2 nitrogen and oxygen atoms in total. The van der Waals surface area contributed by atoms with Crippen LogP contribution in [0.4, 0.5) is 0 Å². The number of methoxy groups -OCH3 is 1. The first kappa shape index (κ1) is 6.92. The lowest BCUT2D eigenvalue weighted by molar-refractivity contribution is 0.139. The maximum atomic E-state index is 4.82. The van der Waals surface area contributed by atoms with Crippen LogP contribution >= 0.6 is 0 Å². The Morgan fingerprint density at radius 1 is 1.86 bits per heavy atom. The van der Waals surface area contributed by atoms with E-state index in [4.69, 9.17) is 4.74 Å². The summed E-state index contributed by atoms with van der Waals surface area (Å²) in [5.41, 5.74) is 0. The molecule has 0 spiro atoms. The van der Waals surface area contributed by atoms with Crippen LogP contribution < -0.4 is 5.32 Å². The van der Waals surface area contributed by atoms with Crippen LogP contribution in [0.25, 0.3) is 0 Å². The first-order chi connectivity index (χ1) is 3.31. The molecule has 1 radical (unpaired) electrons. The number of hydrogen-bond donors (Lipinski definition) is 1. The molecule has 2 heteroatoms. The third-order valence-corrected chi connectivity index (χ3v) is 0.765. The van der Waals surface area contributed by atoms with Crippen LogP contribution in [0, 0.1) is 6.92 Å². The third-order valence-electron chi connectivity index (χ3n) is 0.765. The molecule has 0 saturated heterocycles. The summed E-state index contributed by atoms with van der Waals surface area (Å²) in [6.45, 7) is 4.48. The van der Waals surface area contributed by atoms with Crippen molar-refractivity contribution in [3.05, 3.63) is 6.92 Å². The molecule has 0 aliphatic rings. The molecule has 1 unspecified atom stereocenters. The van der Waals surface area contributed by atoms with Crippen molar-refractivity contribution < 1.29 is 4.74 Å². The molecule has 43 valence electrons. The van der Waals surface area contributed by atoms with Crippen LogP contribution in [-0.4, -0.2) is 26.8 Å². The summed E-state index contributed by atoms with van der Waals surface area (Å²) >= 11 is 0. The van der Waals surface area contributed by atoms with Crippen LogP contribution in [-0.2, 0) is 4.74 Å².